The highest BCUT2D eigenvalue weighted by Crippen LogP contribution is 2.12. The summed E-state index contributed by atoms with van der Waals surface area (Å²) >= 11 is 0. The average molecular weight is 241 g/mol. The van der Waals surface area contributed by atoms with Crippen LogP contribution in [0.4, 0.5) is 4.39 Å². The maximum Gasteiger partial charge on any atom is 0.123 e. The van der Waals surface area contributed by atoms with Crippen LogP contribution in [0.25, 0.3) is 10.9 Å². The van der Waals surface area contributed by atoms with Crippen LogP contribution in [0, 0.1) is 12.7 Å². The van der Waals surface area contributed by atoms with Gasteiger partial charge >= 0.3 is 0 Å². The van der Waals surface area contributed by atoms with Crippen LogP contribution in [-0.4, -0.2) is 4.57 Å². The van der Waals surface area contributed by atoms with Crippen LogP contribution in [0.15, 0.2) is 60.8 Å². The molecule has 0 atom stereocenters. The first kappa shape index (κ1) is 12.4. The van der Waals surface area contributed by atoms with Crippen molar-refractivity contribution in [3.63, 3.8) is 0 Å². The SMILES string of the molecule is Cc1ccc(F)cc1.Cn1ccc2ccccc21. The summed E-state index contributed by atoms with van der Waals surface area (Å²) in [4.78, 5) is 0. The van der Waals surface area contributed by atoms with Crippen molar-refractivity contribution in [1.82, 2.24) is 4.57 Å². The topological polar surface area (TPSA) is 4.93 Å². The number of para-hydroxylation sites is 1. The molecule has 18 heavy (non-hydrogen) atoms. The van der Waals surface area contributed by atoms with Gasteiger partial charge in [-0.05, 0) is 36.6 Å². The molecule has 0 radical (unpaired) electrons. The van der Waals surface area contributed by atoms with Gasteiger partial charge in [-0.25, -0.2) is 4.39 Å². The highest BCUT2D eigenvalue weighted by atomic mass is 19.1. The number of nitrogens with zero attached hydrogens (tertiary/aromatic N) is 1. The molecule has 1 heterocycles. The maximum atomic E-state index is 12.1. The molecule has 1 nitrogen and oxygen atoms in total. The predicted molar refractivity (Wildman–Crippen MR) is 74.1 cm³/mol. The summed E-state index contributed by atoms with van der Waals surface area (Å²) in [6.07, 6.45) is 2.07. The predicted octanol–water partition coefficient (Wildman–Crippen LogP) is 4.31. The highest BCUT2D eigenvalue weighted by molar-refractivity contribution is 5.79. The monoisotopic (exact) mass is 241 g/mol. The van der Waals surface area contributed by atoms with Gasteiger partial charge in [-0.2, -0.15) is 0 Å². The van der Waals surface area contributed by atoms with Crippen LogP contribution >= 0.6 is 0 Å². The van der Waals surface area contributed by atoms with Crippen LogP contribution < -0.4 is 0 Å². The molecule has 0 aliphatic rings. The van der Waals surface area contributed by atoms with E-state index in [0.717, 1.165) is 5.56 Å². The molecule has 0 bridgehead atoms. The Hall–Kier alpha value is -2.09. The third-order valence-corrected chi connectivity index (χ3v) is 2.81. The Morgan fingerprint density at radius 3 is 2.17 bits per heavy atom. The Labute approximate surface area is 106 Å². The summed E-state index contributed by atoms with van der Waals surface area (Å²) in [6, 6.07) is 16.9. The standard InChI is InChI=1S/C9H9N.C7H7F/c1-10-7-6-8-4-2-3-5-9(8)10;1-6-2-4-7(8)5-3-6/h2-7H,1H3;2-5H,1H3. The molecule has 0 N–H and O–H groups in total. The van der Waals surface area contributed by atoms with Gasteiger partial charge in [0.1, 0.15) is 5.82 Å². The van der Waals surface area contributed by atoms with Crippen molar-refractivity contribution < 1.29 is 4.39 Å². The molecule has 0 fully saturated rings. The lowest BCUT2D eigenvalue weighted by atomic mass is 10.2. The molecule has 0 aliphatic heterocycles. The number of rotatable bonds is 0. The van der Waals surface area contributed by atoms with E-state index < -0.39 is 0 Å². The fourth-order valence-electron chi connectivity index (χ4n) is 1.76. The van der Waals surface area contributed by atoms with Crippen molar-refractivity contribution in [1.29, 1.82) is 0 Å². The van der Waals surface area contributed by atoms with E-state index >= 15 is 0 Å². The third-order valence-electron chi connectivity index (χ3n) is 2.81. The Bertz CT molecular complexity index is 602. The summed E-state index contributed by atoms with van der Waals surface area (Å²) in [7, 11) is 2.06. The average Bonchev–Trinajstić information content (AvgIpc) is 2.76. The minimum Gasteiger partial charge on any atom is -0.351 e. The molecule has 3 aromatic rings. The van der Waals surface area contributed by atoms with Crippen LogP contribution in [0.5, 0.6) is 0 Å². The van der Waals surface area contributed by atoms with Crippen molar-refractivity contribution in [2.75, 3.05) is 0 Å². The molecule has 2 aromatic carbocycles. The van der Waals surface area contributed by atoms with Crippen molar-refractivity contribution in [2.24, 2.45) is 7.05 Å². The van der Waals surface area contributed by atoms with Crippen molar-refractivity contribution in [3.8, 4) is 0 Å². The van der Waals surface area contributed by atoms with E-state index in [1.54, 1.807) is 12.1 Å². The zero-order valence-electron chi connectivity index (χ0n) is 10.6. The quantitative estimate of drug-likeness (QED) is 0.552. The lowest BCUT2D eigenvalue weighted by Gasteiger charge is -1.92. The summed E-state index contributed by atoms with van der Waals surface area (Å²) < 4.78 is 14.2. The zero-order chi connectivity index (χ0) is 13.0. The van der Waals surface area contributed by atoms with E-state index in [1.807, 2.05) is 6.92 Å². The Kier molecular flexibility index (Phi) is 3.78. The molecule has 0 spiro atoms. The Morgan fingerprint density at radius 1 is 0.889 bits per heavy atom. The third kappa shape index (κ3) is 2.98. The Morgan fingerprint density at radius 2 is 1.56 bits per heavy atom. The second-order valence-electron chi connectivity index (χ2n) is 4.28. The number of aromatic nitrogens is 1. The van der Waals surface area contributed by atoms with E-state index in [9.17, 15) is 4.39 Å². The highest BCUT2D eigenvalue weighted by Gasteiger charge is 1.92. The normalized spacial score (nSPS) is 9.94. The first-order valence-electron chi connectivity index (χ1n) is 5.89. The summed E-state index contributed by atoms with van der Waals surface area (Å²) in [5.41, 5.74) is 2.38. The van der Waals surface area contributed by atoms with Gasteiger partial charge in [0.25, 0.3) is 0 Å². The fraction of sp³-hybridized carbons (Fsp3) is 0.125. The fourth-order valence-corrected chi connectivity index (χ4v) is 1.76. The van der Waals surface area contributed by atoms with E-state index in [4.69, 9.17) is 0 Å². The molecule has 0 amide bonds. The molecular formula is C16H16FN. The maximum absolute atomic E-state index is 12.1. The van der Waals surface area contributed by atoms with Gasteiger partial charge < -0.3 is 4.57 Å². The van der Waals surface area contributed by atoms with Crippen molar-refractivity contribution >= 4 is 10.9 Å². The first-order valence-corrected chi connectivity index (χ1v) is 5.89. The summed E-state index contributed by atoms with van der Waals surface area (Å²) in [5, 5.41) is 1.31. The smallest absolute Gasteiger partial charge is 0.123 e. The molecule has 2 heteroatoms. The van der Waals surface area contributed by atoms with Crippen LogP contribution in [0.3, 0.4) is 0 Å². The van der Waals surface area contributed by atoms with Crippen molar-refractivity contribution in [2.45, 2.75) is 6.92 Å². The number of benzene rings is 2. The number of fused-ring (bicyclic) bond motifs is 1. The minimum atomic E-state index is -0.171. The molecule has 3 rings (SSSR count). The van der Waals surface area contributed by atoms with Gasteiger partial charge in [0, 0.05) is 18.8 Å². The second kappa shape index (κ2) is 5.50. The first-order chi connectivity index (χ1) is 8.66. The number of aryl methyl sites for hydroxylation is 2. The van der Waals surface area contributed by atoms with Crippen molar-refractivity contribution in [3.05, 3.63) is 72.2 Å². The molecule has 1 aromatic heterocycles. The summed E-state index contributed by atoms with van der Waals surface area (Å²) in [6.45, 7) is 1.93. The van der Waals surface area contributed by atoms with E-state index in [0.29, 0.717) is 0 Å². The van der Waals surface area contributed by atoms with Gasteiger partial charge in [-0.3, -0.25) is 0 Å². The lowest BCUT2D eigenvalue weighted by molar-refractivity contribution is 0.627. The molecule has 92 valence electrons. The molecular weight excluding hydrogens is 225 g/mol. The zero-order valence-corrected chi connectivity index (χ0v) is 10.6. The molecule has 0 unspecified atom stereocenters. The van der Waals surface area contributed by atoms with Gasteiger partial charge in [-0.15, -0.1) is 0 Å². The van der Waals surface area contributed by atoms with E-state index in [1.165, 1.54) is 23.0 Å². The minimum absolute atomic E-state index is 0.171. The van der Waals surface area contributed by atoms with E-state index in [2.05, 4.69) is 48.1 Å². The molecule has 0 saturated carbocycles. The van der Waals surface area contributed by atoms with Crippen LogP contribution in [0.2, 0.25) is 0 Å². The lowest BCUT2D eigenvalue weighted by Crippen LogP contribution is -1.81. The van der Waals surface area contributed by atoms with Gasteiger partial charge in [0.05, 0.1) is 0 Å². The van der Waals surface area contributed by atoms with Gasteiger partial charge in [0.15, 0.2) is 0 Å². The second-order valence-corrected chi connectivity index (χ2v) is 4.28. The molecule has 0 aliphatic carbocycles. The van der Waals surface area contributed by atoms with Crippen LogP contribution in [0.1, 0.15) is 5.56 Å². The summed E-state index contributed by atoms with van der Waals surface area (Å²) in [5.74, 6) is -0.171. The Balaban J connectivity index is 0.000000138. The van der Waals surface area contributed by atoms with E-state index in [-0.39, 0.29) is 5.82 Å². The van der Waals surface area contributed by atoms with Gasteiger partial charge in [-0.1, -0.05) is 35.9 Å². The van der Waals surface area contributed by atoms with Gasteiger partial charge in [0.2, 0.25) is 0 Å². The number of hydrogen-bond donors (Lipinski definition) is 0. The largest absolute Gasteiger partial charge is 0.351 e. The number of hydrogen-bond acceptors (Lipinski definition) is 0. The van der Waals surface area contributed by atoms with Crippen LogP contribution in [-0.2, 0) is 7.05 Å². The molecule has 0 saturated heterocycles. The number of halogens is 1.